The van der Waals surface area contributed by atoms with Crippen LogP contribution in [0.1, 0.15) is 34.6 Å². The van der Waals surface area contributed by atoms with Gasteiger partial charge in [-0.05, 0) is 18.3 Å². The van der Waals surface area contributed by atoms with Crippen molar-refractivity contribution in [2.24, 2.45) is 11.3 Å². The first-order valence-electron chi connectivity index (χ1n) is 3.53. The van der Waals surface area contributed by atoms with Crippen LogP contribution in [-0.2, 0) is 0 Å². The van der Waals surface area contributed by atoms with Crippen LogP contribution in [0.4, 0.5) is 0 Å². The van der Waals surface area contributed by atoms with Crippen molar-refractivity contribution in [3.05, 3.63) is 0 Å². The molecule has 0 radical (unpaired) electrons. The van der Waals surface area contributed by atoms with E-state index in [2.05, 4.69) is 27.7 Å². The minimum Gasteiger partial charge on any atom is -0.393 e. The van der Waals surface area contributed by atoms with E-state index >= 15 is 0 Å². The van der Waals surface area contributed by atoms with Crippen molar-refractivity contribution in [1.29, 1.82) is 0 Å². The molecule has 0 bridgehead atoms. The van der Waals surface area contributed by atoms with E-state index < -0.39 is 0 Å². The first kappa shape index (κ1) is 8.96. The molecule has 0 spiro atoms. The van der Waals surface area contributed by atoms with Crippen molar-refractivity contribution < 1.29 is 5.11 Å². The van der Waals surface area contributed by atoms with Crippen molar-refractivity contribution in [3.8, 4) is 0 Å². The highest BCUT2D eigenvalue weighted by Gasteiger charge is 2.23. The fourth-order valence-electron chi connectivity index (χ4n) is 0.724. The Labute approximate surface area is 58.1 Å². The standard InChI is InChI=1S/C8H18O/c1-6(7(2)9)8(3,4)5/h6-7,9H,1-5H3/t6-,7+/m1/s1. The molecule has 0 unspecified atom stereocenters. The topological polar surface area (TPSA) is 20.2 Å². The number of hydrogen-bond acceptors (Lipinski definition) is 1. The molecule has 0 aliphatic rings. The first-order chi connectivity index (χ1) is 3.85. The van der Waals surface area contributed by atoms with Gasteiger partial charge in [0.05, 0.1) is 6.10 Å². The molecule has 1 heteroatoms. The lowest BCUT2D eigenvalue weighted by Crippen LogP contribution is -2.27. The number of aliphatic hydroxyl groups is 1. The number of rotatable bonds is 1. The number of aliphatic hydroxyl groups excluding tert-OH is 1. The molecule has 0 aromatic heterocycles. The smallest absolute Gasteiger partial charge is 0.0542 e. The van der Waals surface area contributed by atoms with Crippen molar-refractivity contribution in [2.45, 2.75) is 40.7 Å². The van der Waals surface area contributed by atoms with Gasteiger partial charge in [-0.1, -0.05) is 27.7 Å². The van der Waals surface area contributed by atoms with Crippen molar-refractivity contribution in [2.75, 3.05) is 0 Å². The maximum atomic E-state index is 9.16. The molecular weight excluding hydrogens is 112 g/mol. The third-order valence-corrected chi connectivity index (χ3v) is 2.09. The van der Waals surface area contributed by atoms with Crippen LogP contribution in [0.2, 0.25) is 0 Å². The van der Waals surface area contributed by atoms with E-state index in [-0.39, 0.29) is 11.5 Å². The lowest BCUT2D eigenvalue weighted by Gasteiger charge is -2.29. The molecule has 0 saturated heterocycles. The summed E-state index contributed by atoms with van der Waals surface area (Å²) in [4.78, 5) is 0. The predicted octanol–water partition coefficient (Wildman–Crippen LogP) is 2.05. The molecule has 0 rings (SSSR count). The Bertz CT molecular complexity index is 79.1. The summed E-state index contributed by atoms with van der Waals surface area (Å²) < 4.78 is 0. The maximum absolute atomic E-state index is 9.16. The summed E-state index contributed by atoms with van der Waals surface area (Å²) in [5, 5.41) is 9.16. The Morgan fingerprint density at radius 2 is 1.44 bits per heavy atom. The van der Waals surface area contributed by atoms with Crippen LogP contribution in [0, 0.1) is 11.3 Å². The fourth-order valence-corrected chi connectivity index (χ4v) is 0.724. The Morgan fingerprint density at radius 3 is 1.44 bits per heavy atom. The summed E-state index contributed by atoms with van der Waals surface area (Å²) in [5.74, 6) is 0.373. The second-order valence-electron chi connectivity index (χ2n) is 3.90. The second kappa shape index (κ2) is 2.70. The Kier molecular flexibility index (Phi) is 2.68. The van der Waals surface area contributed by atoms with Gasteiger partial charge < -0.3 is 5.11 Å². The zero-order valence-electron chi connectivity index (χ0n) is 7.10. The van der Waals surface area contributed by atoms with Gasteiger partial charge in [-0.2, -0.15) is 0 Å². The predicted molar refractivity (Wildman–Crippen MR) is 40.3 cm³/mol. The van der Waals surface area contributed by atoms with Gasteiger partial charge in [-0.25, -0.2) is 0 Å². The lowest BCUT2D eigenvalue weighted by atomic mass is 9.79. The summed E-state index contributed by atoms with van der Waals surface area (Å²) in [6.45, 7) is 10.3. The van der Waals surface area contributed by atoms with Gasteiger partial charge in [-0.3, -0.25) is 0 Å². The van der Waals surface area contributed by atoms with Crippen molar-refractivity contribution in [3.63, 3.8) is 0 Å². The SMILES string of the molecule is C[C@H](O)[C@@H](C)C(C)(C)C. The molecule has 9 heavy (non-hydrogen) atoms. The van der Waals surface area contributed by atoms with Crippen molar-refractivity contribution >= 4 is 0 Å². The van der Waals surface area contributed by atoms with Crippen LogP contribution in [0.5, 0.6) is 0 Å². The Morgan fingerprint density at radius 1 is 1.11 bits per heavy atom. The molecule has 0 aliphatic heterocycles. The summed E-state index contributed by atoms with van der Waals surface area (Å²) >= 11 is 0. The molecule has 0 amide bonds. The van der Waals surface area contributed by atoms with E-state index in [9.17, 15) is 0 Å². The molecule has 1 N–H and O–H groups in total. The quantitative estimate of drug-likeness (QED) is 0.576. The zero-order valence-corrected chi connectivity index (χ0v) is 7.10. The van der Waals surface area contributed by atoms with E-state index in [1.54, 1.807) is 0 Å². The minimum absolute atomic E-state index is 0.190. The van der Waals surface area contributed by atoms with Gasteiger partial charge in [0.15, 0.2) is 0 Å². The van der Waals surface area contributed by atoms with Gasteiger partial charge >= 0.3 is 0 Å². The van der Waals surface area contributed by atoms with E-state index in [4.69, 9.17) is 5.11 Å². The van der Waals surface area contributed by atoms with E-state index in [0.29, 0.717) is 5.92 Å². The average molecular weight is 130 g/mol. The highest BCUT2D eigenvalue weighted by Crippen LogP contribution is 2.27. The van der Waals surface area contributed by atoms with Crippen LogP contribution < -0.4 is 0 Å². The highest BCUT2D eigenvalue weighted by molar-refractivity contribution is 4.73. The first-order valence-corrected chi connectivity index (χ1v) is 3.53. The monoisotopic (exact) mass is 130 g/mol. The van der Waals surface area contributed by atoms with Crippen LogP contribution in [0.15, 0.2) is 0 Å². The van der Waals surface area contributed by atoms with Gasteiger partial charge in [0, 0.05) is 0 Å². The summed E-state index contributed by atoms with van der Waals surface area (Å²) in [6.07, 6.45) is -0.190. The van der Waals surface area contributed by atoms with E-state index in [1.165, 1.54) is 0 Å². The third-order valence-electron chi connectivity index (χ3n) is 2.09. The second-order valence-corrected chi connectivity index (χ2v) is 3.90. The van der Waals surface area contributed by atoms with Crippen molar-refractivity contribution in [1.82, 2.24) is 0 Å². The lowest BCUT2D eigenvalue weighted by molar-refractivity contribution is 0.0685. The van der Waals surface area contributed by atoms with Crippen LogP contribution in [-0.4, -0.2) is 11.2 Å². The summed E-state index contributed by atoms with van der Waals surface area (Å²) in [7, 11) is 0. The Hall–Kier alpha value is -0.0400. The number of hydrogen-bond donors (Lipinski definition) is 1. The largest absolute Gasteiger partial charge is 0.393 e. The molecule has 2 atom stereocenters. The molecular formula is C8H18O. The Balaban J connectivity index is 3.88. The maximum Gasteiger partial charge on any atom is 0.0542 e. The summed E-state index contributed by atoms with van der Waals surface area (Å²) in [6, 6.07) is 0. The third kappa shape index (κ3) is 2.85. The average Bonchev–Trinajstić information content (AvgIpc) is 1.62. The molecule has 0 fully saturated rings. The zero-order chi connectivity index (χ0) is 7.65. The fraction of sp³-hybridized carbons (Fsp3) is 1.00. The molecule has 1 nitrogen and oxygen atoms in total. The molecule has 0 aromatic carbocycles. The molecule has 0 heterocycles. The molecule has 0 aromatic rings. The molecule has 0 saturated carbocycles. The minimum atomic E-state index is -0.190. The molecule has 0 aliphatic carbocycles. The van der Waals surface area contributed by atoms with Crippen LogP contribution in [0.25, 0.3) is 0 Å². The van der Waals surface area contributed by atoms with Gasteiger partial charge in [0.25, 0.3) is 0 Å². The van der Waals surface area contributed by atoms with Gasteiger partial charge in [-0.15, -0.1) is 0 Å². The van der Waals surface area contributed by atoms with Crippen LogP contribution in [0.3, 0.4) is 0 Å². The van der Waals surface area contributed by atoms with E-state index in [1.807, 2.05) is 6.92 Å². The molecule has 56 valence electrons. The van der Waals surface area contributed by atoms with Crippen LogP contribution >= 0.6 is 0 Å². The normalized spacial score (nSPS) is 19.3. The van der Waals surface area contributed by atoms with Gasteiger partial charge in [0.1, 0.15) is 0 Å². The summed E-state index contributed by atoms with van der Waals surface area (Å²) in [5.41, 5.74) is 0.230. The highest BCUT2D eigenvalue weighted by atomic mass is 16.3. The van der Waals surface area contributed by atoms with Gasteiger partial charge in [0.2, 0.25) is 0 Å². The van der Waals surface area contributed by atoms with E-state index in [0.717, 1.165) is 0 Å².